The largest absolute Gasteiger partial charge is 0.465 e. The van der Waals surface area contributed by atoms with Crippen molar-refractivity contribution in [1.82, 2.24) is 5.16 Å². The fraction of sp³-hybridized carbons (Fsp3) is 0.167. The third-order valence-corrected chi connectivity index (χ3v) is 3.11. The van der Waals surface area contributed by atoms with E-state index in [0.717, 1.165) is 0 Å². The zero-order chi connectivity index (χ0) is 13.3. The van der Waals surface area contributed by atoms with Crippen molar-refractivity contribution in [2.45, 2.75) is 6.92 Å². The van der Waals surface area contributed by atoms with Gasteiger partial charge in [0, 0.05) is 4.47 Å². The van der Waals surface area contributed by atoms with Crippen LogP contribution in [0.2, 0.25) is 0 Å². The molecule has 0 aliphatic carbocycles. The van der Waals surface area contributed by atoms with Crippen LogP contribution in [0.5, 0.6) is 0 Å². The van der Waals surface area contributed by atoms with Crippen LogP contribution in [0, 0.1) is 12.7 Å². The molecule has 0 aliphatic rings. The molecule has 0 unspecified atom stereocenters. The third-order valence-electron chi connectivity index (χ3n) is 2.45. The van der Waals surface area contributed by atoms with Crippen molar-refractivity contribution in [2.75, 3.05) is 7.11 Å². The molecule has 6 heteroatoms. The smallest absolute Gasteiger partial charge is 0.343 e. The van der Waals surface area contributed by atoms with Gasteiger partial charge in [0.15, 0.2) is 0 Å². The van der Waals surface area contributed by atoms with E-state index in [0.29, 0.717) is 4.47 Å². The quantitative estimate of drug-likeness (QED) is 0.798. The number of benzene rings is 1. The van der Waals surface area contributed by atoms with E-state index in [1.807, 2.05) is 0 Å². The number of hydrogen-bond acceptors (Lipinski definition) is 4. The molecule has 0 fully saturated rings. The second-order valence-electron chi connectivity index (χ2n) is 3.55. The Balaban J connectivity index is 2.69. The zero-order valence-corrected chi connectivity index (χ0v) is 11.2. The molecule has 0 atom stereocenters. The summed E-state index contributed by atoms with van der Waals surface area (Å²) in [5, 5.41) is 3.73. The van der Waals surface area contributed by atoms with Crippen molar-refractivity contribution in [3.8, 4) is 11.3 Å². The van der Waals surface area contributed by atoms with E-state index >= 15 is 0 Å². The van der Waals surface area contributed by atoms with Crippen LogP contribution in [-0.4, -0.2) is 18.2 Å². The highest BCUT2D eigenvalue weighted by Crippen LogP contribution is 2.33. The molecule has 1 aromatic heterocycles. The highest BCUT2D eigenvalue weighted by Gasteiger charge is 2.25. The van der Waals surface area contributed by atoms with Gasteiger partial charge in [-0.05, 0) is 35.0 Å². The normalized spacial score (nSPS) is 10.4. The lowest BCUT2D eigenvalue weighted by molar-refractivity contribution is 0.0599. The lowest BCUT2D eigenvalue weighted by Crippen LogP contribution is -2.04. The van der Waals surface area contributed by atoms with Gasteiger partial charge >= 0.3 is 5.97 Å². The number of ether oxygens (including phenoxy) is 1. The molecular weight excluding hydrogens is 305 g/mol. The summed E-state index contributed by atoms with van der Waals surface area (Å²) in [5.41, 5.74) is 0.433. The van der Waals surface area contributed by atoms with Gasteiger partial charge in [-0.25, -0.2) is 9.18 Å². The summed E-state index contributed by atoms with van der Waals surface area (Å²) < 4.78 is 23.9. The minimum atomic E-state index is -0.612. The SMILES string of the molecule is COC(=O)c1c(-c2c(F)cccc2Br)noc1C. The van der Waals surface area contributed by atoms with E-state index in [-0.39, 0.29) is 22.6 Å². The lowest BCUT2D eigenvalue weighted by atomic mass is 10.1. The van der Waals surface area contributed by atoms with Gasteiger partial charge in [-0.1, -0.05) is 11.2 Å². The topological polar surface area (TPSA) is 52.3 Å². The summed E-state index contributed by atoms with van der Waals surface area (Å²) >= 11 is 3.22. The van der Waals surface area contributed by atoms with Gasteiger partial charge in [-0.3, -0.25) is 0 Å². The van der Waals surface area contributed by atoms with Crippen LogP contribution in [0.3, 0.4) is 0 Å². The highest BCUT2D eigenvalue weighted by molar-refractivity contribution is 9.10. The lowest BCUT2D eigenvalue weighted by Gasteiger charge is -2.04. The Hall–Kier alpha value is -1.69. The fourth-order valence-corrected chi connectivity index (χ4v) is 2.14. The Labute approximate surface area is 111 Å². The number of halogens is 2. The molecule has 0 N–H and O–H groups in total. The van der Waals surface area contributed by atoms with Gasteiger partial charge in [0.1, 0.15) is 22.8 Å². The molecule has 1 heterocycles. The zero-order valence-electron chi connectivity index (χ0n) is 9.66. The first-order valence-corrected chi connectivity index (χ1v) is 5.84. The molecular formula is C12H9BrFNO3. The van der Waals surface area contributed by atoms with Crippen molar-refractivity contribution in [3.05, 3.63) is 39.8 Å². The number of rotatable bonds is 2. The van der Waals surface area contributed by atoms with Gasteiger partial charge < -0.3 is 9.26 Å². The maximum atomic E-state index is 13.8. The average Bonchev–Trinajstić information content (AvgIpc) is 2.70. The summed E-state index contributed by atoms with van der Waals surface area (Å²) in [7, 11) is 1.24. The fourth-order valence-electron chi connectivity index (χ4n) is 1.61. The van der Waals surface area contributed by atoms with E-state index < -0.39 is 11.8 Å². The first-order valence-electron chi connectivity index (χ1n) is 5.05. The molecule has 0 bridgehead atoms. The van der Waals surface area contributed by atoms with Crippen LogP contribution < -0.4 is 0 Å². The molecule has 0 saturated carbocycles. The van der Waals surface area contributed by atoms with Gasteiger partial charge in [0.25, 0.3) is 0 Å². The predicted molar refractivity (Wildman–Crippen MR) is 65.7 cm³/mol. The summed E-state index contributed by atoms with van der Waals surface area (Å²) in [6.45, 7) is 1.57. The Kier molecular flexibility index (Phi) is 3.47. The number of hydrogen-bond donors (Lipinski definition) is 0. The van der Waals surface area contributed by atoms with E-state index in [4.69, 9.17) is 4.52 Å². The first-order chi connectivity index (χ1) is 8.56. The molecule has 2 aromatic rings. The maximum Gasteiger partial charge on any atom is 0.343 e. The third kappa shape index (κ3) is 2.03. The Bertz CT molecular complexity index is 589. The molecule has 18 heavy (non-hydrogen) atoms. The van der Waals surface area contributed by atoms with E-state index in [1.54, 1.807) is 19.1 Å². The summed E-state index contributed by atoms with van der Waals surface area (Å²) in [6, 6.07) is 4.49. The van der Waals surface area contributed by atoms with Crippen LogP contribution in [0.1, 0.15) is 16.1 Å². The van der Waals surface area contributed by atoms with Crippen LogP contribution in [0.4, 0.5) is 4.39 Å². The molecule has 0 spiro atoms. The summed E-state index contributed by atoms with van der Waals surface area (Å²) in [6.07, 6.45) is 0. The van der Waals surface area contributed by atoms with Crippen LogP contribution in [0.15, 0.2) is 27.2 Å². The van der Waals surface area contributed by atoms with Crippen molar-refractivity contribution in [1.29, 1.82) is 0 Å². The number of carbonyl (C=O) groups is 1. The van der Waals surface area contributed by atoms with E-state index in [9.17, 15) is 9.18 Å². The minimum Gasteiger partial charge on any atom is -0.465 e. The molecule has 2 rings (SSSR count). The molecule has 0 aliphatic heterocycles. The molecule has 0 radical (unpaired) electrons. The van der Waals surface area contributed by atoms with Crippen molar-refractivity contribution < 1.29 is 18.4 Å². The standard InChI is InChI=1S/C12H9BrFNO3/c1-6-9(12(16)17-2)11(15-18-6)10-7(13)4-3-5-8(10)14/h3-5H,1-2H3. The van der Waals surface area contributed by atoms with Crippen molar-refractivity contribution >= 4 is 21.9 Å². The van der Waals surface area contributed by atoms with Crippen LogP contribution >= 0.6 is 15.9 Å². The molecule has 0 amide bonds. The number of aromatic nitrogens is 1. The molecule has 4 nitrogen and oxygen atoms in total. The van der Waals surface area contributed by atoms with Gasteiger partial charge in [0.05, 0.1) is 12.7 Å². The Morgan fingerprint density at radius 3 is 2.83 bits per heavy atom. The summed E-state index contributed by atoms with van der Waals surface area (Å²) in [4.78, 5) is 11.7. The number of carbonyl (C=O) groups excluding carboxylic acids is 1. The van der Waals surface area contributed by atoms with Crippen molar-refractivity contribution in [2.24, 2.45) is 0 Å². The van der Waals surface area contributed by atoms with E-state index in [1.165, 1.54) is 13.2 Å². The van der Waals surface area contributed by atoms with Gasteiger partial charge in [-0.15, -0.1) is 0 Å². The predicted octanol–water partition coefficient (Wildman–Crippen LogP) is 3.34. The minimum absolute atomic E-state index is 0.128. The second kappa shape index (κ2) is 4.89. The van der Waals surface area contributed by atoms with E-state index in [2.05, 4.69) is 25.8 Å². The summed E-state index contributed by atoms with van der Waals surface area (Å²) in [5.74, 6) is -0.825. The van der Waals surface area contributed by atoms with Crippen LogP contribution in [-0.2, 0) is 4.74 Å². The maximum absolute atomic E-state index is 13.8. The molecule has 0 saturated heterocycles. The number of nitrogens with zero attached hydrogens (tertiary/aromatic N) is 1. The Morgan fingerprint density at radius 2 is 2.22 bits per heavy atom. The number of esters is 1. The number of aryl methyl sites for hydroxylation is 1. The average molecular weight is 314 g/mol. The van der Waals surface area contributed by atoms with Crippen molar-refractivity contribution in [3.63, 3.8) is 0 Å². The first kappa shape index (κ1) is 12.8. The Morgan fingerprint density at radius 1 is 1.50 bits per heavy atom. The monoisotopic (exact) mass is 313 g/mol. The highest BCUT2D eigenvalue weighted by atomic mass is 79.9. The van der Waals surface area contributed by atoms with Crippen LogP contribution in [0.25, 0.3) is 11.3 Å². The molecule has 1 aromatic carbocycles. The molecule has 94 valence electrons. The number of methoxy groups -OCH3 is 1. The van der Waals surface area contributed by atoms with Gasteiger partial charge in [0.2, 0.25) is 0 Å². The second-order valence-corrected chi connectivity index (χ2v) is 4.40. The van der Waals surface area contributed by atoms with Gasteiger partial charge in [-0.2, -0.15) is 0 Å².